The molecule has 1 saturated heterocycles. The number of carboxylic acids is 1. The third-order valence-electron chi connectivity index (χ3n) is 3.05. The van der Waals surface area contributed by atoms with E-state index in [0.717, 1.165) is 6.42 Å². The molecule has 32 heavy (non-hydrogen) atoms. The Hall–Kier alpha value is -2.45. The zero-order valence-electron chi connectivity index (χ0n) is 21.4. The predicted molar refractivity (Wildman–Crippen MR) is 146 cm³/mol. The Kier molecular flexibility index (Phi) is 44.9. The number of likely N-dealkylation sites (tertiary alicyclic amines) is 1. The maximum absolute atomic E-state index is 11.7. The number of thiol groups is 1. The van der Waals surface area contributed by atoms with E-state index in [9.17, 15) is 9.59 Å². The van der Waals surface area contributed by atoms with Crippen LogP contribution in [0.4, 0.5) is 0 Å². The van der Waals surface area contributed by atoms with Crippen LogP contribution in [0.2, 0.25) is 0 Å². The largest absolute Gasteiger partial charge is 0.480 e. The molecule has 5 heteroatoms. The Balaban J connectivity index is -0.000000112. The molecule has 1 aliphatic heterocycles. The lowest BCUT2D eigenvalue weighted by atomic mass is 10.1. The van der Waals surface area contributed by atoms with Crippen LogP contribution < -0.4 is 0 Å². The van der Waals surface area contributed by atoms with E-state index in [1.54, 1.807) is 31.2 Å². The van der Waals surface area contributed by atoms with E-state index in [2.05, 4.69) is 50.4 Å². The third-order valence-corrected chi connectivity index (χ3v) is 3.60. The van der Waals surface area contributed by atoms with Crippen LogP contribution in [0, 0.1) is 5.92 Å². The van der Waals surface area contributed by atoms with E-state index in [4.69, 9.17) is 5.11 Å². The van der Waals surface area contributed by atoms with Crippen molar-refractivity contribution in [2.45, 2.75) is 67.3 Å². The molecule has 2 atom stereocenters. The van der Waals surface area contributed by atoms with Gasteiger partial charge in [-0.05, 0) is 72.6 Å². The Morgan fingerprint density at radius 1 is 1.03 bits per heavy atom. The van der Waals surface area contributed by atoms with Gasteiger partial charge in [0.1, 0.15) is 6.04 Å². The lowest BCUT2D eigenvalue weighted by molar-refractivity contribution is -0.149. The van der Waals surface area contributed by atoms with Crippen molar-refractivity contribution in [2.24, 2.45) is 5.92 Å². The lowest BCUT2D eigenvalue weighted by Crippen LogP contribution is -2.43. The van der Waals surface area contributed by atoms with Crippen LogP contribution in [0.5, 0.6) is 0 Å². The first kappa shape index (κ1) is 40.0. The van der Waals surface area contributed by atoms with Gasteiger partial charge in [-0.15, -0.1) is 31.2 Å². The van der Waals surface area contributed by atoms with Gasteiger partial charge in [0.2, 0.25) is 5.91 Å². The average Bonchev–Trinajstić information content (AvgIpc) is 3.26. The van der Waals surface area contributed by atoms with Gasteiger partial charge in [-0.25, -0.2) is 4.79 Å². The summed E-state index contributed by atoms with van der Waals surface area (Å²) in [6, 6.07) is -0.621. The Morgan fingerprint density at radius 2 is 1.41 bits per heavy atom. The maximum atomic E-state index is 11.7. The highest BCUT2D eigenvalue weighted by atomic mass is 32.1. The molecule has 0 aromatic rings. The number of nitrogens with zero attached hydrogens (tertiary/aromatic N) is 1. The van der Waals surface area contributed by atoms with Gasteiger partial charge in [-0.1, -0.05) is 31.7 Å². The molecule has 1 rings (SSSR count). The smallest absolute Gasteiger partial charge is 0.326 e. The van der Waals surface area contributed by atoms with Gasteiger partial charge in [0.05, 0.1) is 0 Å². The molecule has 0 spiro atoms. The summed E-state index contributed by atoms with van der Waals surface area (Å²) < 4.78 is 0. The van der Waals surface area contributed by atoms with E-state index in [1.165, 1.54) is 4.90 Å². The van der Waals surface area contributed by atoms with Gasteiger partial charge in [0.15, 0.2) is 0 Å². The Bertz CT molecular complexity index is 563. The van der Waals surface area contributed by atoms with Crippen molar-refractivity contribution in [3.05, 3.63) is 74.2 Å². The van der Waals surface area contributed by atoms with E-state index >= 15 is 0 Å². The SMILES string of the molecule is C=C=CC.C=CC.C=CC.C=CC.CC=C=CC.C[C@H](CS)C(=O)N1CCC[C@H]1C(=O)O. The maximum Gasteiger partial charge on any atom is 0.326 e. The number of carboxylic acid groups (broad SMARTS) is 1. The molecule has 1 amide bonds. The van der Waals surface area contributed by atoms with Crippen LogP contribution >= 0.6 is 12.6 Å². The predicted octanol–water partition coefficient (Wildman–Crippen LogP) is 7.29. The highest BCUT2D eigenvalue weighted by Gasteiger charge is 2.35. The van der Waals surface area contributed by atoms with Crippen molar-refractivity contribution in [2.75, 3.05) is 12.3 Å². The van der Waals surface area contributed by atoms with Gasteiger partial charge < -0.3 is 10.0 Å². The molecule has 0 unspecified atom stereocenters. The molecule has 1 fully saturated rings. The summed E-state index contributed by atoms with van der Waals surface area (Å²) in [4.78, 5) is 24.0. The molecule has 184 valence electrons. The van der Waals surface area contributed by atoms with Crippen molar-refractivity contribution in [3.8, 4) is 0 Å². The molecular weight excluding hydrogens is 418 g/mol. The number of hydrogen-bond acceptors (Lipinski definition) is 3. The van der Waals surface area contributed by atoms with Gasteiger partial charge in [-0.2, -0.15) is 12.6 Å². The second-order valence-corrected chi connectivity index (χ2v) is 6.44. The highest BCUT2D eigenvalue weighted by Crippen LogP contribution is 2.20. The van der Waals surface area contributed by atoms with E-state index in [0.29, 0.717) is 18.7 Å². The summed E-state index contributed by atoms with van der Waals surface area (Å²) in [5.41, 5.74) is 5.42. The summed E-state index contributed by atoms with van der Waals surface area (Å²) in [5.74, 6) is -0.729. The van der Waals surface area contributed by atoms with Gasteiger partial charge >= 0.3 is 5.97 Å². The quantitative estimate of drug-likeness (QED) is 0.261. The number of carbonyl (C=O) groups is 2. The Morgan fingerprint density at radius 3 is 1.62 bits per heavy atom. The van der Waals surface area contributed by atoms with Gasteiger partial charge in [0, 0.05) is 18.2 Å². The fourth-order valence-corrected chi connectivity index (χ4v) is 1.97. The lowest BCUT2D eigenvalue weighted by Gasteiger charge is -2.24. The number of rotatable bonds is 3. The first-order chi connectivity index (χ1) is 15.1. The minimum absolute atomic E-state index is 0.0927. The van der Waals surface area contributed by atoms with Crippen molar-refractivity contribution < 1.29 is 14.7 Å². The normalized spacial score (nSPS) is 12.9. The molecule has 4 nitrogen and oxygen atoms in total. The molecule has 1 heterocycles. The zero-order valence-corrected chi connectivity index (χ0v) is 22.3. The summed E-state index contributed by atoms with van der Waals surface area (Å²) in [6.45, 7) is 27.2. The summed E-state index contributed by atoms with van der Waals surface area (Å²) in [6.07, 6.45) is 12.1. The monoisotopic (exact) mass is 465 g/mol. The van der Waals surface area contributed by atoms with E-state index in [-0.39, 0.29) is 11.8 Å². The van der Waals surface area contributed by atoms with Gasteiger partial charge in [-0.3, -0.25) is 4.79 Å². The highest BCUT2D eigenvalue weighted by molar-refractivity contribution is 7.80. The summed E-state index contributed by atoms with van der Waals surface area (Å²) in [5, 5.41) is 8.87. The number of allylic oxidation sites excluding steroid dienone is 5. The van der Waals surface area contributed by atoms with Crippen molar-refractivity contribution in [3.63, 3.8) is 0 Å². The van der Waals surface area contributed by atoms with Crippen LogP contribution in [0.15, 0.2) is 74.2 Å². The second-order valence-electron chi connectivity index (χ2n) is 6.07. The number of amides is 1. The minimum Gasteiger partial charge on any atom is -0.480 e. The molecular formula is C27H47NO3S. The molecule has 0 radical (unpaired) electrons. The summed E-state index contributed by atoms with van der Waals surface area (Å²) >= 11 is 4.03. The molecule has 0 saturated carbocycles. The molecule has 0 aromatic heterocycles. The first-order valence-corrected chi connectivity index (χ1v) is 11.3. The number of carbonyl (C=O) groups excluding carboxylic acids is 1. The second kappa shape index (κ2) is 36.0. The van der Waals surface area contributed by atoms with E-state index < -0.39 is 12.0 Å². The van der Waals surface area contributed by atoms with Crippen LogP contribution in [0.25, 0.3) is 0 Å². The Labute approximate surface area is 203 Å². The van der Waals surface area contributed by atoms with E-state index in [1.807, 2.05) is 53.7 Å². The number of aliphatic carboxylic acids is 1. The topological polar surface area (TPSA) is 57.6 Å². The summed E-state index contributed by atoms with van der Waals surface area (Å²) in [7, 11) is 0. The van der Waals surface area contributed by atoms with Crippen LogP contribution in [-0.4, -0.2) is 40.2 Å². The molecule has 0 aliphatic carbocycles. The average molecular weight is 466 g/mol. The van der Waals surface area contributed by atoms with Crippen molar-refractivity contribution >= 4 is 24.5 Å². The van der Waals surface area contributed by atoms with Gasteiger partial charge in [0.25, 0.3) is 0 Å². The van der Waals surface area contributed by atoms with Crippen molar-refractivity contribution in [1.29, 1.82) is 0 Å². The molecule has 0 aromatic carbocycles. The minimum atomic E-state index is -0.901. The van der Waals surface area contributed by atoms with Crippen LogP contribution in [-0.2, 0) is 9.59 Å². The number of hydrogen-bond donors (Lipinski definition) is 2. The van der Waals surface area contributed by atoms with Crippen LogP contribution in [0.3, 0.4) is 0 Å². The third kappa shape index (κ3) is 32.2. The first-order valence-electron chi connectivity index (χ1n) is 10.6. The fourth-order valence-electron chi connectivity index (χ4n) is 1.82. The molecule has 1 N–H and O–H groups in total. The molecule has 1 aliphatic rings. The zero-order chi connectivity index (χ0) is 26.4. The van der Waals surface area contributed by atoms with Crippen molar-refractivity contribution in [1.82, 2.24) is 4.90 Å². The van der Waals surface area contributed by atoms with Crippen LogP contribution in [0.1, 0.15) is 61.3 Å². The standard InChI is InChI=1S/C9H15NO3S.C5H8.C4H6.3C3H6/c1-6(5-14)8(11)10-4-2-3-7(10)9(12)13;1-3-5-4-2;1-3-4-2;3*1-3-2/h6-7,14H,2-5H2,1H3,(H,12,13);3-4H,1-2H3;4H,1H2,2H3;3*3H,1H2,2H3/t6-,7+;;;;;/m1...../s1. The molecule has 0 bridgehead atoms. The fraction of sp³-hybridized carbons (Fsp3) is 0.481.